The Morgan fingerprint density at radius 2 is 1.11 bits per heavy atom. The summed E-state index contributed by atoms with van der Waals surface area (Å²) in [7, 11) is 0. The average molecular weight is 349 g/mol. The minimum absolute atomic E-state index is 0. The van der Waals surface area contributed by atoms with Crippen LogP contribution in [0.2, 0.25) is 0 Å². The van der Waals surface area contributed by atoms with Gasteiger partial charge in [-0.2, -0.15) is 12.8 Å². The molecular formula is C8H15U-. The van der Waals surface area contributed by atoms with Gasteiger partial charge < -0.3 is 6.42 Å². The molecule has 1 aliphatic carbocycles. The first-order valence-corrected chi connectivity index (χ1v) is 3.82. The van der Waals surface area contributed by atoms with E-state index in [1.54, 1.807) is 0 Å². The van der Waals surface area contributed by atoms with Crippen molar-refractivity contribution in [1.82, 2.24) is 0 Å². The third-order valence-electron chi connectivity index (χ3n) is 1.82. The molecule has 1 fully saturated rings. The average Bonchev–Trinajstić information content (AvgIpc) is 1.62. The molecule has 0 bridgehead atoms. The first kappa shape index (κ1) is 10.1. The van der Waals surface area contributed by atoms with Gasteiger partial charge in [0, 0.05) is 31.1 Å². The second-order valence-corrected chi connectivity index (χ2v) is 2.63. The van der Waals surface area contributed by atoms with E-state index in [1.165, 1.54) is 44.9 Å². The molecule has 0 N–H and O–H groups in total. The van der Waals surface area contributed by atoms with Gasteiger partial charge in [0.25, 0.3) is 0 Å². The molecule has 52 valence electrons. The monoisotopic (exact) mass is 349 g/mol. The maximum absolute atomic E-state index is 2.44. The first-order chi connectivity index (χ1) is 4.00. The van der Waals surface area contributed by atoms with Gasteiger partial charge in [-0.3, -0.25) is 0 Å². The Hall–Kier alpha value is 1.05. The Balaban J connectivity index is 0.000000640. The van der Waals surface area contributed by atoms with Crippen molar-refractivity contribution < 1.29 is 31.1 Å². The van der Waals surface area contributed by atoms with Gasteiger partial charge in [0.1, 0.15) is 0 Å². The Labute approximate surface area is 82.2 Å². The van der Waals surface area contributed by atoms with E-state index in [1.807, 2.05) is 0 Å². The summed E-state index contributed by atoms with van der Waals surface area (Å²) in [6.45, 7) is 0. The molecule has 0 nitrogen and oxygen atoms in total. The maximum atomic E-state index is 2.44. The first-order valence-electron chi connectivity index (χ1n) is 3.82. The third kappa shape index (κ3) is 5.49. The summed E-state index contributed by atoms with van der Waals surface area (Å²) >= 11 is 0. The molecule has 0 heterocycles. The van der Waals surface area contributed by atoms with E-state index >= 15 is 0 Å². The summed E-state index contributed by atoms with van der Waals surface area (Å²) in [5, 5.41) is 0. The third-order valence-corrected chi connectivity index (χ3v) is 1.82. The van der Waals surface area contributed by atoms with Crippen LogP contribution >= 0.6 is 0 Å². The normalized spacial score (nSPS) is 21.3. The van der Waals surface area contributed by atoms with Crippen molar-refractivity contribution in [1.29, 1.82) is 0 Å². The molecule has 1 rings (SSSR count). The number of rotatable bonds is 0. The van der Waals surface area contributed by atoms with Crippen LogP contribution in [0.1, 0.15) is 44.9 Å². The van der Waals surface area contributed by atoms with E-state index in [-0.39, 0.29) is 31.1 Å². The van der Waals surface area contributed by atoms with E-state index in [0.29, 0.717) is 0 Å². The van der Waals surface area contributed by atoms with E-state index in [4.69, 9.17) is 0 Å². The molecule has 1 aliphatic rings. The van der Waals surface area contributed by atoms with E-state index in [2.05, 4.69) is 6.42 Å². The van der Waals surface area contributed by atoms with Crippen LogP contribution in [0.3, 0.4) is 0 Å². The molecule has 1 saturated carbocycles. The van der Waals surface area contributed by atoms with Crippen molar-refractivity contribution in [3.8, 4) is 0 Å². The van der Waals surface area contributed by atoms with Crippen LogP contribution < -0.4 is 0 Å². The summed E-state index contributed by atoms with van der Waals surface area (Å²) in [5.41, 5.74) is 0. The molecule has 0 spiro atoms. The van der Waals surface area contributed by atoms with Crippen LogP contribution in [-0.2, 0) is 0 Å². The van der Waals surface area contributed by atoms with Crippen LogP contribution in [0.15, 0.2) is 0 Å². The van der Waals surface area contributed by atoms with Gasteiger partial charge >= 0.3 is 0 Å². The second-order valence-electron chi connectivity index (χ2n) is 2.63. The van der Waals surface area contributed by atoms with Gasteiger partial charge in [-0.05, 0) is 0 Å². The Morgan fingerprint density at radius 1 is 0.667 bits per heavy atom. The van der Waals surface area contributed by atoms with Crippen molar-refractivity contribution in [3.63, 3.8) is 0 Å². The van der Waals surface area contributed by atoms with Crippen LogP contribution in [0, 0.1) is 37.5 Å². The Bertz CT molecular complexity index is 28.5. The zero-order valence-corrected chi connectivity index (χ0v) is 10.2. The molecule has 0 unspecified atom stereocenters. The van der Waals surface area contributed by atoms with E-state index in [0.717, 1.165) is 0 Å². The Morgan fingerprint density at radius 3 is 1.67 bits per heavy atom. The van der Waals surface area contributed by atoms with E-state index < -0.39 is 0 Å². The predicted molar refractivity (Wildman–Crippen MR) is 36.6 cm³/mol. The van der Waals surface area contributed by atoms with Crippen LogP contribution in [0.4, 0.5) is 0 Å². The van der Waals surface area contributed by atoms with Crippen molar-refractivity contribution in [3.05, 3.63) is 6.42 Å². The van der Waals surface area contributed by atoms with Gasteiger partial charge in [0.15, 0.2) is 0 Å². The number of hydrogen-bond acceptors (Lipinski definition) is 0. The second kappa shape index (κ2) is 7.16. The van der Waals surface area contributed by atoms with Crippen molar-refractivity contribution in [2.24, 2.45) is 0 Å². The summed E-state index contributed by atoms with van der Waals surface area (Å²) < 4.78 is 0. The quantitative estimate of drug-likeness (QED) is 0.590. The smallest absolute Gasteiger partial charge is 0 e. The fourth-order valence-corrected chi connectivity index (χ4v) is 1.25. The van der Waals surface area contributed by atoms with Crippen molar-refractivity contribution >= 4 is 0 Å². The Kier molecular flexibility index (Phi) is 8.00. The SMILES string of the molecule is [CH-]1CCCCCCC1.[U]. The van der Waals surface area contributed by atoms with Gasteiger partial charge in [-0.15, -0.1) is 0 Å². The predicted octanol–water partition coefficient (Wildman–Crippen LogP) is 2.93. The van der Waals surface area contributed by atoms with Crippen molar-refractivity contribution in [2.75, 3.05) is 0 Å². The molecule has 1 heteroatoms. The zero-order valence-electron chi connectivity index (χ0n) is 6.03. The number of hydrogen-bond donors (Lipinski definition) is 0. The molecule has 0 amide bonds. The largest absolute Gasteiger partial charge is 0.328 e. The van der Waals surface area contributed by atoms with Gasteiger partial charge in [-0.1, -0.05) is 32.1 Å². The van der Waals surface area contributed by atoms with Gasteiger partial charge in [0.05, 0.1) is 0 Å². The minimum Gasteiger partial charge on any atom is -0.328 e. The molecule has 9 heavy (non-hydrogen) atoms. The van der Waals surface area contributed by atoms with Crippen LogP contribution in [-0.4, -0.2) is 0 Å². The molecular weight excluding hydrogens is 334 g/mol. The molecule has 0 aromatic rings. The zero-order chi connectivity index (χ0) is 5.66. The molecule has 0 aromatic heterocycles. The minimum atomic E-state index is 0. The topological polar surface area (TPSA) is 0 Å². The van der Waals surface area contributed by atoms with Crippen LogP contribution in [0.5, 0.6) is 0 Å². The standard InChI is InChI=1S/C8H15.U/c1-2-4-6-8-7-5-3-1;/h1H,2-8H2;/q-1;. The summed E-state index contributed by atoms with van der Waals surface area (Å²) in [4.78, 5) is 0. The molecule has 0 aromatic carbocycles. The molecule has 0 aliphatic heterocycles. The van der Waals surface area contributed by atoms with Crippen LogP contribution in [0.25, 0.3) is 0 Å². The summed E-state index contributed by atoms with van der Waals surface area (Å²) in [6, 6.07) is 0. The van der Waals surface area contributed by atoms with Crippen molar-refractivity contribution in [2.45, 2.75) is 44.9 Å². The van der Waals surface area contributed by atoms with E-state index in [9.17, 15) is 0 Å². The molecule has 0 saturated heterocycles. The van der Waals surface area contributed by atoms with Gasteiger partial charge in [0.2, 0.25) is 0 Å². The molecule has 0 atom stereocenters. The summed E-state index contributed by atoms with van der Waals surface area (Å²) in [5.74, 6) is 0. The fourth-order valence-electron chi connectivity index (χ4n) is 1.25. The summed E-state index contributed by atoms with van der Waals surface area (Å²) in [6.07, 6.45) is 12.5. The van der Waals surface area contributed by atoms with Gasteiger partial charge in [-0.25, -0.2) is 0 Å². The molecule has 0 radical (unpaired) electrons. The maximum Gasteiger partial charge on any atom is 0 e. The fraction of sp³-hybridized carbons (Fsp3) is 0.875.